The summed E-state index contributed by atoms with van der Waals surface area (Å²) in [7, 11) is 1.90. The van der Waals surface area contributed by atoms with Crippen molar-refractivity contribution in [3.05, 3.63) is 35.9 Å². The van der Waals surface area contributed by atoms with Gasteiger partial charge in [-0.1, -0.05) is 0 Å². The van der Waals surface area contributed by atoms with E-state index in [1.54, 1.807) is 23.5 Å². The van der Waals surface area contributed by atoms with Crippen LogP contribution in [-0.4, -0.2) is 49.8 Å². The third kappa shape index (κ3) is 4.11. The van der Waals surface area contributed by atoms with E-state index in [-0.39, 0.29) is 11.4 Å². The van der Waals surface area contributed by atoms with Crippen LogP contribution in [0.1, 0.15) is 12.0 Å². The van der Waals surface area contributed by atoms with Crippen LogP contribution in [0.4, 0.5) is 0 Å². The van der Waals surface area contributed by atoms with Gasteiger partial charge < -0.3 is 0 Å². The van der Waals surface area contributed by atoms with E-state index in [2.05, 4.69) is 0 Å². The quantitative estimate of drug-likeness (QED) is 0.794. The van der Waals surface area contributed by atoms with Crippen LogP contribution in [-0.2, 0) is 19.8 Å². The van der Waals surface area contributed by atoms with Gasteiger partial charge in [-0.15, -0.1) is 0 Å². The van der Waals surface area contributed by atoms with E-state index in [0.29, 0.717) is 5.75 Å². The van der Waals surface area contributed by atoms with Crippen LogP contribution in [0.5, 0.6) is 0 Å². The Bertz CT molecular complexity index is 483. The summed E-state index contributed by atoms with van der Waals surface area (Å²) < 4.78 is 0.950. The number of hydrogen-bond acceptors (Lipinski definition) is 4. The molecular formula is C14H17NNiO2S2. The Hall–Kier alpha value is -0.286. The molecule has 1 saturated heterocycles. The molecule has 0 unspecified atom stereocenters. The van der Waals surface area contributed by atoms with Gasteiger partial charge in [0.2, 0.25) is 0 Å². The third-order valence-corrected chi connectivity index (χ3v) is 6.33. The predicted molar refractivity (Wildman–Crippen MR) is 83.1 cm³/mol. The molecule has 0 radical (unpaired) electrons. The molecule has 2 rings (SSSR count). The van der Waals surface area contributed by atoms with E-state index < -0.39 is 5.97 Å². The molecule has 1 aliphatic rings. The summed E-state index contributed by atoms with van der Waals surface area (Å²) in [5, 5.41) is 9.37. The number of carbonyl (C=O) groups is 1. The van der Waals surface area contributed by atoms with E-state index in [1.165, 1.54) is 0 Å². The minimum absolute atomic E-state index is 0.284. The molecule has 0 bridgehead atoms. The van der Waals surface area contributed by atoms with Crippen molar-refractivity contribution in [1.29, 1.82) is 0 Å². The summed E-state index contributed by atoms with van der Waals surface area (Å²) in [6.45, 7) is 0. The van der Waals surface area contributed by atoms with Crippen LogP contribution in [0.15, 0.2) is 30.3 Å². The first-order valence-corrected chi connectivity index (χ1v) is 8.86. The number of nitrogens with zero attached hydrogens (tertiary/aromatic N) is 1. The van der Waals surface area contributed by atoms with E-state index >= 15 is 0 Å². The summed E-state index contributed by atoms with van der Waals surface area (Å²) in [4.78, 5) is 13.0. The Kier molecular flexibility index (Phi) is 6.15. The molecule has 0 saturated carbocycles. The molecule has 20 heavy (non-hydrogen) atoms. The molecule has 1 aromatic rings. The number of aliphatic carboxylic acids is 1. The van der Waals surface area contributed by atoms with Gasteiger partial charge in [0.25, 0.3) is 0 Å². The van der Waals surface area contributed by atoms with Crippen LogP contribution >= 0.6 is 23.5 Å². The zero-order valence-electron chi connectivity index (χ0n) is 11.1. The normalized spacial score (nSPS) is 22.9. The molecule has 0 aliphatic carbocycles. The maximum absolute atomic E-state index is 11.0. The van der Waals surface area contributed by atoms with Crippen molar-refractivity contribution in [2.24, 2.45) is 0 Å². The third-order valence-electron chi connectivity index (χ3n) is 3.25. The zero-order chi connectivity index (χ0) is 14.5. The Morgan fingerprint density at radius 1 is 1.50 bits per heavy atom. The SMILES string of the molecule is CN1[C@@H](C(=O)O)CS[C@@H]1CCS[C](=[Ni])c1ccccc1. The second-order valence-corrected chi connectivity index (χ2v) is 7.65. The molecule has 3 nitrogen and oxygen atoms in total. The van der Waals surface area contributed by atoms with Gasteiger partial charge in [0.1, 0.15) is 0 Å². The number of carboxylic acid groups (broad SMARTS) is 1. The van der Waals surface area contributed by atoms with Crippen LogP contribution in [0.3, 0.4) is 0 Å². The molecule has 0 aromatic heterocycles. The summed E-state index contributed by atoms with van der Waals surface area (Å²) >= 11 is 8.49. The van der Waals surface area contributed by atoms with Crippen LogP contribution in [0, 0.1) is 0 Å². The zero-order valence-corrected chi connectivity index (χ0v) is 13.7. The van der Waals surface area contributed by atoms with Gasteiger partial charge in [-0.25, -0.2) is 0 Å². The van der Waals surface area contributed by atoms with Gasteiger partial charge in [0, 0.05) is 0 Å². The first-order chi connectivity index (χ1) is 9.59. The average molecular weight is 354 g/mol. The van der Waals surface area contributed by atoms with Crippen molar-refractivity contribution >= 4 is 33.3 Å². The molecule has 1 aliphatic heterocycles. The molecule has 1 N–H and O–H groups in total. The van der Waals surface area contributed by atoms with E-state index in [0.717, 1.165) is 21.6 Å². The summed E-state index contributed by atoms with van der Waals surface area (Å²) in [5.74, 6) is 0.878. The van der Waals surface area contributed by atoms with Crippen LogP contribution < -0.4 is 0 Å². The first-order valence-electron chi connectivity index (χ1n) is 6.33. The van der Waals surface area contributed by atoms with Crippen molar-refractivity contribution in [1.82, 2.24) is 4.90 Å². The maximum atomic E-state index is 11.0. The Labute approximate surface area is 135 Å². The van der Waals surface area contributed by atoms with Gasteiger partial charge >= 0.3 is 135 Å². The molecule has 0 spiro atoms. The Morgan fingerprint density at radius 3 is 2.80 bits per heavy atom. The molecule has 2 atom stereocenters. The summed E-state index contributed by atoms with van der Waals surface area (Å²) in [6, 6.07) is 9.68. The van der Waals surface area contributed by atoms with E-state index in [4.69, 9.17) is 20.1 Å². The topological polar surface area (TPSA) is 40.5 Å². The van der Waals surface area contributed by atoms with E-state index in [9.17, 15) is 4.79 Å². The number of hydrogen-bond donors (Lipinski definition) is 1. The van der Waals surface area contributed by atoms with Gasteiger partial charge in [-0.2, -0.15) is 0 Å². The van der Waals surface area contributed by atoms with Crippen molar-refractivity contribution in [2.45, 2.75) is 17.8 Å². The van der Waals surface area contributed by atoms with E-state index in [1.807, 2.05) is 42.3 Å². The van der Waals surface area contributed by atoms with Crippen molar-refractivity contribution < 1.29 is 24.9 Å². The van der Waals surface area contributed by atoms with Gasteiger partial charge in [0.15, 0.2) is 0 Å². The molecule has 0 amide bonds. The Morgan fingerprint density at radius 2 is 2.20 bits per heavy atom. The first kappa shape index (κ1) is 16.1. The summed E-state index contributed by atoms with van der Waals surface area (Å²) in [5.41, 5.74) is 1.10. The average Bonchev–Trinajstić information content (AvgIpc) is 2.81. The number of likely N-dealkylation sites (N-methyl/N-ethyl adjacent to an activating group) is 1. The number of rotatable bonds is 6. The van der Waals surface area contributed by atoms with Crippen molar-refractivity contribution in [3.8, 4) is 0 Å². The van der Waals surface area contributed by atoms with Crippen molar-refractivity contribution in [2.75, 3.05) is 18.6 Å². The second-order valence-electron chi connectivity index (χ2n) is 4.56. The monoisotopic (exact) mass is 353 g/mol. The Balaban J connectivity index is 1.77. The number of thioether (sulfide) groups is 2. The fourth-order valence-corrected chi connectivity index (χ4v) is 4.93. The number of carboxylic acids is 1. The molecule has 1 fully saturated rings. The summed E-state index contributed by atoms with van der Waals surface area (Å²) in [6.07, 6.45) is 0.954. The number of benzene rings is 1. The van der Waals surface area contributed by atoms with Gasteiger partial charge in [-0.3, -0.25) is 0 Å². The minimum atomic E-state index is -0.725. The molecular weight excluding hydrogens is 337 g/mol. The van der Waals surface area contributed by atoms with Gasteiger partial charge in [-0.05, 0) is 0 Å². The molecule has 6 heteroatoms. The molecule has 1 aromatic carbocycles. The van der Waals surface area contributed by atoms with Crippen LogP contribution in [0.25, 0.3) is 0 Å². The fraction of sp³-hybridized carbons (Fsp3) is 0.429. The predicted octanol–water partition coefficient (Wildman–Crippen LogP) is 2.29. The molecule has 1 heterocycles. The van der Waals surface area contributed by atoms with Gasteiger partial charge in [0.05, 0.1) is 0 Å². The molecule has 112 valence electrons. The van der Waals surface area contributed by atoms with Crippen molar-refractivity contribution in [3.63, 3.8) is 0 Å². The second kappa shape index (κ2) is 7.65. The fourth-order valence-electron chi connectivity index (χ4n) is 2.06. The standard InChI is InChI=1S/C14H17NO2S2.Ni/c1-15-12(14(16)17)10-19-13(15)7-8-18-9-11-5-3-2-4-6-11;/h2-6,12-13H,7-8,10H2,1H3,(H,16,17);/t12-,13-;/m1./s1. The van der Waals surface area contributed by atoms with Crippen LogP contribution in [0.2, 0.25) is 0 Å².